The molecule has 0 unspecified atom stereocenters. The SMILES string of the molecule is CC1=CCN(CCCOc2ccccc2N)CC1. The third-order valence-electron chi connectivity index (χ3n) is 3.32. The third-order valence-corrected chi connectivity index (χ3v) is 3.32. The maximum absolute atomic E-state index is 5.82. The molecule has 0 radical (unpaired) electrons. The monoisotopic (exact) mass is 246 g/mol. The Morgan fingerprint density at radius 3 is 2.89 bits per heavy atom. The highest BCUT2D eigenvalue weighted by Gasteiger charge is 2.08. The maximum Gasteiger partial charge on any atom is 0.142 e. The van der Waals surface area contributed by atoms with Crippen molar-refractivity contribution < 1.29 is 4.74 Å². The van der Waals surface area contributed by atoms with Gasteiger partial charge in [0.25, 0.3) is 0 Å². The van der Waals surface area contributed by atoms with E-state index in [1.54, 1.807) is 0 Å². The molecule has 0 aromatic heterocycles. The summed E-state index contributed by atoms with van der Waals surface area (Å²) in [6, 6.07) is 7.66. The zero-order valence-corrected chi connectivity index (χ0v) is 11.1. The topological polar surface area (TPSA) is 38.5 Å². The number of para-hydroxylation sites is 2. The second-order valence-corrected chi connectivity index (χ2v) is 4.84. The summed E-state index contributed by atoms with van der Waals surface area (Å²) in [4.78, 5) is 2.46. The first kappa shape index (κ1) is 13.0. The van der Waals surface area contributed by atoms with E-state index in [1.807, 2.05) is 24.3 Å². The van der Waals surface area contributed by atoms with E-state index >= 15 is 0 Å². The van der Waals surface area contributed by atoms with Crippen LogP contribution in [0, 0.1) is 0 Å². The molecule has 0 saturated carbocycles. The summed E-state index contributed by atoms with van der Waals surface area (Å²) in [6.07, 6.45) is 4.56. The van der Waals surface area contributed by atoms with Crippen LogP contribution in [0.1, 0.15) is 19.8 Å². The summed E-state index contributed by atoms with van der Waals surface area (Å²) in [6.45, 7) is 6.29. The Hall–Kier alpha value is -1.48. The summed E-state index contributed by atoms with van der Waals surface area (Å²) in [5.74, 6) is 0.798. The van der Waals surface area contributed by atoms with Crippen LogP contribution in [0.3, 0.4) is 0 Å². The molecule has 98 valence electrons. The zero-order valence-electron chi connectivity index (χ0n) is 11.1. The molecule has 0 spiro atoms. The molecule has 0 amide bonds. The quantitative estimate of drug-likeness (QED) is 0.493. The number of hydrogen-bond acceptors (Lipinski definition) is 3. The van der Waals surface area contributed by atoms with Gasteiger partial charge in [0, 0.05) is 19.6 Å². The van der Waals surface area contributed by atoms with Crippen LogP contribution in [0.2, 0.25) is 0 Å². The molecule has 0 saturated heterocycles. The summed E-state index contributed by atoms with van der Waals surface area (Å²) in [7, 11) is 0. The number of anilines is 1. The molecule has 3 nitrogen and oxygen atoms in total. The smallest absolute Gasteiger partial charge is 0.142 e. The molecule has 1 aromatic carbocycles. The summed E-state index contributed by atoms with van der Waals surface area (Å²) in [5, 5.41) is 0. The molecule has 1 aromatic rings. The van der Waals surface area contributed by atoms with Gasteiger partial charge in [-0.2, -0.15) is 0 Å². The average Bonchev–Trinajstić information content (AvgIpc) is 2.39. The number of nitrogen functional groups attached to an aromatic ring is 1. The van der Waals surface area contributed by atoms with E-state index in [0.717, 1.165) is 31.9 Å². The van der Waals surface area contributed by atoms with Crippen LogP contribution in [0.25, 0.3) is 0 Å². The molecule has 1 aliphatic rings. The average molecular weight is 246 g/mol. The summed E-state index contributed by atoms with van der Waals surface area (Å²) >= 11 is 0. The first-order chi connectivity index (χ1) is 8.75. The van der Waals surface area contributed by atoms with Gasteiger partial charge in [0.15, 0.2) is 0 Å². The summed E-state index contributed by atoms with van der Waals surface area (Å²) in [5.41, 5.74) is 8.05. The van der Waals surface area contributed by atoms with Gasteiger partial charge < -0.3 is 10.5 Å². The van der Waals surface area contributed by atoms with Gasteiger partial charge in [-0.1, -0.05) is 23.8 Å². The Morgan fingerprint density at radius 1 is 1.33 bits per heavy atom. The zero-order chi connectivity index (χ0) is 12.8. The van der Waals surface area contributed by atoms with Crippen molar-refractivity contribution in [2.24, 2.45) is 0 Å². The van der Waals surface area contributed by atoms with Crippen LogP contribution in [0.15, 0.2) is 35.9 Å². The van der Waals surface area contributed by atoms with Gasteiger partial charge in [-0.15, -0.1) is 0 Å². The molecule has 0 aliphatic carbocycles. The lowest BCUT2D eigenvalue weighted by Crippen LogP contribution is -2.30. The second-order valence-electron chi connectivity index (χ2n) is 4.84. The number of benzene rings is 1. The molecule has 18 heavy (non-hydrogen) atoms. The predicted molar refractivity (Wildman–Crippen MR) is 75.8 cm³/mol. The second kappa shape index (κ2) is 6.45. The molecular formula is C15H22N2O. The standard InChI is InChI=1S/C15H22N2O/c1-13-7-10-17(11-8-13)9-4-12-18-15-6-3-2-5-14(15)16/h2-3,5-7H,4,8-12,16H2,1H3. The maximum atomic E-state index is 5.82. The Balaban J connectivity index is 1.66. The normalized spacial score (nSPS) is 16.4. The van der Waals surface area contributed by atoms with Crippen molar-refractivity contribution >= 4 is 5.69 Å². The molecule has 1 heterocycles. The first-order valence-electron chi connectivity index (χ1n) is 6.61. The van der Waals surface area contributed by atoms with Gasteiger partial charge in [-0.3, -0.25) is 4.90 Å². The van der Waals surface area contributed by atoms with Gasteiger partial charge in [0.05, 0.1) is 12.3 Å². The highest BCUT2D eigenvalue weighted by molar-refractivity contribution is 5.51. The molecule has 1 aliphatic heterocycles. The first-order valence-corrected chi connectivity index (χ1v) is 6.61. The van der Waals surface area contributed by atoms with Crippen LogP contribution in [-0.2, 0) is 0 Å². The Bertz CT molecular complexity index is 415. The molecule has 2 N–H and O–H groups in total. The number of hydrogen-bond donors (Lipinski definition) is 1. The molecule has 0 bridgehead atoms. The van der Waals surface area contributed by atoms with Gasteiger partial charge >= 0.3 is 0 Å². The van der Waals surface area contributed by atoms with Gasteiger partial charge in [-0.25, -0.2) is 0 Å². The van der Waals surface area contributed by atoms with E-state index in [0.29, 0.717) is 5.69 Å². The molecule has 3 heteroatoms. The fourth-order valence-corrected chi connectivity index (χ4v) is 2.10. The third kappa shape index (κ3) is 3.77. The highest BCUT2D eigenvalue weighted by Crippen LogP contribution is 2.19. The Labute approximate surface area is 109 Å². The van der Waals surface area contributed by atoms with Crippen LogP contribution >= 0.6 is 0 Å². The number of rotatable bonds is 5. The van der Waals surface area contributed by atoms with Crippen molar-refractivity contribution in [3.05, 3.63) is 35.9 Å². The molecule has 2 rings (SSSR count). The van der Waals surface area contributed by atoms with Gasteiger partial charge in [-0.05, 0) is 31.9 Å². The lowest BCUT2D eigenvalue weighted by molar-refractivity contribution is 0.245. The lowest BCUT2D eigenvalue weighted by atomic mass is 10.1. The van der Waals surface area contributed by atoms with Crippen molar-refractivity contribution in [1.29, 1.82) is 0 Å². The largest absolute Gasteiger partial charge is 0.491 e. The van der Waals surface area contributed by atoms with Crippen LogP contribution in [-0.4, -0.2) is 31.1 Å². The molecule has 0 fully saturated rings. The fraction of sp³-hybridized carbons (Fsp3) is 0.467. The van der Waals surface area contributed by atoms with E-state index in [4.69, 9.17) is 10.5 Å². The van der Waals surface area contributed by atoms with Crippen LogP contribution in [0.4, 0.5) is 5.69 Å². The highest BCUT2D eigenvalue weighted by atomic mass is 16.5. The van der Waals surface area contributed by atoms with E-state index in [-0.39, 0.29) is 0 Å². The van der Waals surface area contributed by atoms with Crippen LogP contribution in [0.5, 0.6) is 5.75 Å². The van der Waals surface area contributed by atoms with Crippen molar-refractivity contribution in [3.8, 4) is 5.75 Å². The van der Waals surface area contributed by atoms with Crippen molar-refractivity contribution in [2.45, 2.75) is 19.8 Å². The van der Waals surface area contributed by atoms with Crippen molar-refractivity contribution in [2.75, 3.05) is 32.0 Å². The van der Waals surface area contributed by atoms with E-state index < -0.39 is 0 Å². The number of ether oxygens (including phenoxy) is 1. The van der Waals surface area contributed by atoms with Crippen molar-refractivity contribution in [1.82, 2.24) is 4.90 Å². The number of nitrogens with zero attached hydrogens (tertiary/aromatic N) is 1. The van der Waals surface area contributed by atoms with E-state index in [2.05, 4.69) is 17.9 Å². The fourth-order valence-electron chi connectivity index (χ4n) is 2.10. The van der Waals surface area contributed by atoms with Crippen LogP contribution < -0.4 is 10.5 Å². The minimum Gasteiger partial charge on any atom is -0.491 e. The van der Waals surface area contributed by atoms with Gasteiger partial charge in [0.1, 0.15) is 5.75 Å². The minimum atomic E-state index is 0.717. The van der Waals surface area contributed by atoms with Gasteiger partial charge in [0.2, 0.25) is 0 Å². The summed E-state index contributed by atoms with van der Waals surface area (Å²) < 4.78 is 5.68. The molecular weight excluding hydrogens is 224 g/mol. The minimum absolute atomic E-state index is 0.717. The van der Waals surface area contributed by atoms with Crippen molar-refractivity contribution in [3.63, 3.8) is 0 Å². The Morgan fingerprint density at radius 2 is 2.17 bits per heavy atom. The predicted octanol–water partition coefficient (Wildman–Crippen LogP) is 2.69. The number of nitrogens with two attached hydrogens (primary N) is 1. The van der Waals surface area contributed by atoms with E-state index in [9.17, 15) is 0 Å². The Kier molecular flexibility index (Phi) is 4.65. The lowest BCUT2D eigenvalue weighted by Gasteiger charge is -2.25. The molecule has 0 atom stereocenters. The van der Waals surface area contributed by atoms with E-state index in [1.165, 1.54) is 18.5 Å².